The summed E-state index contributed by atoms with van der Waals surface area (Å²) in [5.74, 6) is -2.10. The van der Waals surface area contributed by atoms with Crippen molar-refractivity contribution in [2.24, 2.45) is 11.5 Å². The molecule has 0 aliphatic rings. The molecular formula is C10H20N2O6. The van der Waals surface area contributed by atoms with E-state index in [0.717, 1.165) is 0 Å². The molecular weight excluding hydrogens is 244 g/mol. The van der Waals surface area contributed by atoms with Gasteiger partial charge >= 0.3 is 11.9 Å². The second-order valence-electron chi connectivity index (χ2n) is 3.07. The summed E-state index contributed by atoms with van der Waals surface area (Å²) in [6, 6.07) is 0. The molecule has 0 aromatic carbocycles. The molecule has 8 nitrogen and oxygen atoms in total. The third-order valence-electron chi connectivity index (χ3n) is 1.61. The molecule has 0 atom stereocenters. The molecule has 4 N–H and O–H groups in total. The average Bonchev–Trinajstić information content (AvgIpc) is 2.37. The Hall–Kier alpha value is -1.22. The van der Waals surface area contributed by atoms with E-state index in [1.807, 2.05) is 0 Å². The lowest BCUT2D eigenvalue weighted by atomic mass is 10.6. The van der Waals surface area contributed by atoms with Gasteiger partial charge in [-0.25, -0.2) is 9.59 Å². The van der Waals surface area contributed by atoms with Gasteiger partial charge in [0.2, 0.25) is 0 Å². The summed E-state index contributed by atoms with van der Waals surface area (Å²) in [5, 5.41) is 0. The van der Waals surface area contributed by atoms with Crippen molar-refractivity contribution in [2.75, 3.05) is 52.7 Å². The Bertz CT molecular complexity index is 212. The zero-order valence-electron chi connectivity index (χ0n) is 10.3. The van der Waals surface area contributed by atoms with Gasteiger partial charge in [0.1, 0.15) is 13.2 Å². The Morgan fingerprint density at radius 3 is 1.39 bits per heavy atom. The van der Waals surface area contributed by atoms with Gasteiger partial charge in [-0.3, -0.25) is 0 Å². The minimum absolute atomic E-state index is 0.0163. The van der Waals surface area contributed by atoms with Gasteiger partial charge in [0.15, 0.2) is 0 Å². The first-order valence-electron chi connectivity index (χ1n) is 5.62. The van der Waals surface area contributed by atoms with Gasteiger partial charge in [0.25, 0.3) is 0 Å². The molecule has 18 heavy (non-hydrogen) atoms. The number of esters is 2. The summed E-state index contributed by atoms with van der Waals surface area (Å²) in [7, 11) is 0. The fourth-order valence-corrected chi connectivity index (χ4v) is 0.875. The molecule has 0 fully saturated rings. The Morgan fingerprint density at radius 1 is 0.667 bits per heavy atom. The summed E-state index contributed by atoms with van der Waals surface area (Å²) in [5.41, 5.74) is 10.4. The molecule has 0 spiro atoms. The van der Waals surface area contributed by atoms with Crippen molar-refractivity contribution < 1.29 is 28.5 Å². The van der Waals surface area contributed by atoms with Gasteiger partial charge in [0, 0.05) is 13.1 Å². The first-order chi connectivity index (χ1) is 8.72. The van der Waals surface area contributed by atoms with Gasteiger partial charge in [-0.05, 0) is 0 Å². The molecule has 0 rings (SSSR count). The molecule has 0 bridgehead atoms. The molecule has 0 aromatic rings. The number of ether oxygens (including phenoxy) is 4. The Morgan fingerprint density at radius 2 is 1.06 bits per heavy atom. The van der Waals surface area contributed by atoms with E-state index in [0.29, 0.717) is 26.3 Å². The third kappa shape index (κ3) is 9.97. The van der Waals surface area contributed by atoms with Crippen LogP contribution < -0.4 is 11.5 Å². The first kappa shape index (κ1) is 16.8. The Balaban J connectivity index is 3.43. The zero-order chi connectivity index (χ0) is 13.6. The number of hydrogen-bond donors (Lipinski definition) is 2. The van der Waals surface area contributed by atoms with Crippen LogP contribution in [-0.4, -0.2) is 64.7 Å². The van der Waals surface area contributed by atoms with Crippen LogP contribution >= 0.6 is 0 Å². The fraction of sp³-hybridized carbons (Fsp3) is 0.800. The number of carbonyl (C=O) groups excluding carboxylic acids is 2. The standard InChI is InChI=1S/C10H20N2O6/c11-1-3-15-5-7-17-9(13)10(14)18-8-6-16-4-2-12/h1-8,11-12H2. The molecule has 8 heteroatoms. The smallest absolute Gasteiger partial charge is 0.417 e. The van der Waals surface area contributed by atoms with E-state index in [9.17, 15) is 9.59 Å². The Labute approximate surface area is 105 Å². The van der Waals surface area contributed by atoms with E-state index in [2.05, 4.69) is 9.47 Å². The van der Waals surface area contributed by atoms with Crippen molar-refractivity contribution in [2.45, 2.75) is 0 Å². The molecule has 0 saturated carbocycles. The summed E-state index contributed by atoms with van der Waals surface area (Å²) in [6.07, 6.45) is 0. The second-order valence-corrected chi connectivity index (χ2v) is 3.07. The molecule has 0 amide bonds. The average molecular weight is 264 g/mol. The molecule has 106 valence electrons. The molecule has 0 aliphatic carbocycles. The topological polar surface area (TPSA) is 123 Å². The van der Waals surface area contributed by atoms with Crippen LogP contribution in [0.4, 0.5) is 0 Å². The van der Waals surface area contributed by atoms with E-state index >= 15 is 0 Å². The van der Waals surface area contributed by atoms with Crippen LogP contribution in [0, 0.1) is 0 Å². The monoisotopic (exact) mass is 264 g/mol. The number of hydrogen-bond acceptors (Lipinski definition) is 8. The first-order valence-corrected chi connectivity index (χ1v) is 5.62. The highest BCUT2D eigenvalue weighted by molar-refractivity contribution is 6.29. The van der Waals surface area contributed by atoms with Crippen LogP contribution in [0.25, 0.3) is 0 Å². The van der Waals surface area contributed by atoms with Crippen molar-refractivity contribution >= 4 is 11.9 Å². The molecule has 0 heterocycles. The molecule has 0 saturated heterocycles. The van der Waals surface area contributed by atoms with E-state index in [1.165, 1.54) is 0 Å². The summed E-state index contributed by atoms with van der Waals surface area (Å²) in [4.78, 5) is 22.1. The second kappa shape index (κ2) is 12.2. The van der Waals surface area contributed by atoms with Crippen LogP contribution in [0.15, 0.2) is 0 Å². The minimum atomic E-state index is -1.05. The molecule has 0 radical (unpaired) electrons. The quantitative estimate of drug-likeness (QED) is 0.264. The van der Waals surface area contributed by atoms with Crippen LogP contribution in [0.1, 0.15) is 0 Å². The Kier molecular flexibility index (Phi) is 11.4. The minimum Gasteiger partial charge on any atom is -0.455 e. The SMILES string of the molecule is NCCOCCOC(=O)C(=O)OCCOCCN. The molecule has 0 unspecified atom stereocenters. The largest absolute Gasteiger partial charge is 0.455 e. The highest BCUT2D eigenvalue weighted by atomic mass is 16.6. The van der Waals surface area contributed by atoms with E-state index < -0.39 is 11.9 Å². The summed E-state index contributed by atoms with van der Waals surface area (Å²) in [6.45, 7) is 1.87. The maximum atomic E-state index is 11.1. The summed E-state index contributed by atoms with van der Waals surface area (Å²) >= 11 is 0. The lowest BCUT2D eigenvalue weighted by Crippen LogP contribution is -2.24. The van der Waals surface area contributed by atoms with Gasteiger partial charge in [-0.1, -0.05) is 0 Å². The lowest BCUT2D eigenvalue weighted by Gasteiger charge is -2.06. The molecule has 0 aromatic heterocycles. The predicted octanol–water partition coefficient (Wildman–Crippen LogP) is -1.98. The van der Waals surface area contributed by atoms with Gasteiger partial charge in [0.05, 0.1) is 26.4 Å². The van der Waals surface area contributed by atoms with Crippen LogP contribution in [0.2, 0.25) is 0 Å². The van der Waals surface area contributed by atoms with E-state index in [4.69, 9.17) is 20.9 Å². The highest BCUT2D eigenvalue weighted by Crippen LogP contribution is 1.87. The van der Waals surface area contributed by atoms with Crippen LogP contribution in [0.3, 0.4) is 0 Å². The number of carbonyl (C=O) groups is 2. The van der Waals surface area contributed by atoms with Gasteiger partial charge in [-0.15, -0.1) is 0 Å². The van der Waals surface area contributed by atoms with Gasteiger partial charge in [-0.2, -0.15) is 0 Å². The van der Waals surface area contributed by atoms with Crippen molar-refractivity contribution in [1.29, 1.82) is 0 Å². The van der Waals surface area contributed by atoms with Crippen molar-refractivity contribution in [3.8, 4) is 0 Å². The van der Waals surface area contributed by atoms with Gasteiger partial charge < -0.3 is 30.4 Å². The number of rotatable bonds is 10. The predicted molar refractivity (Wildman–Crippen MR) is 61.7 cm³/mol. The van der Waals surface area contributed by atoms with Crippen molar-refractivity contribution in [3.05, 3.63) is 0 Å². The maximum Gasteiger partial charge on any atom is 0.417 e. The fourth-order valence-electron chi connectivity index (χ4n) is 0.875. The zero-order valence-corrected chi connectivity index (χ0v) is 10.3. The molecule has 0 aliphatic heterocycles. The third-order valence-corrected chi connectivity index (χ3v) is 1.61. The van der Waals surface area contributed by atoms with Crippen LogP contribution in [-0.2, 0) is 28.5 Å². The summed E-state index contributed by atoms with van der Waals surface area (Å²) < 4.78 is 19.1. The van der Waals surface area contributed by atoms with E-state index in [-0.39, 0.29) is 26.4 Å². The van der Waals surface area contributed by atoms with Crippen molar-refractivity contribution in [3.63, 3.8) is 0 Å². The normalized spacial score (nSPS) is 10.1. The van der Waals surface area contributed by atoms with Crippen molar-refractivity contribution in [1.82, 2.24) is 0 Å². The number of nitrogens with two attached hydrogens (primary N) is 2. The lowest BCUT2D eigenvalue weighted by molar-refractivity contribution is -0.169. The van der Waals surface area contributed by atoms with E-state index in [1.54, 1.807) is 0 Å². The maximum absolute atomic E-state index is 11.1. The highest BCUT2D eigenvalue weighted by Gasteiger charge is 2.16. The van der Waals surface area contributed by atoms with Crippen LogP contribution in [0.5, 0.6) is 0 Å².